The quantitative estimate of drug-likeness (QED) is 0.661. The van der Waals surface area contributed by atoms with E-state index in [1.54, 1.807) is 4.90 Å². The molecule has 122 valence electrons. The molecule has 1 heterocycles. The van der Waals surface area contributed by atoms with Gasteiger partial charge in [-0.05, 0) is 58.0 Å². The molecule has 0 atom stereocenters. The number of halogens is 1. The fraction of sp³-hybridized carbons (Fsp3) is 0.235. The third-order valence-corrected chi connectivity index (χ3v) is 4.00. The molecule has 1 aliphatic heterocycles. The van der Waals surface area contributed by atoms with Gasteiger partial charge in [0.15, 0.2) is 0 Å². The molecule has 2 aromatic rings. The van der Waals surface area contributed by atoms with E-state index in [4.69, 9.17) is 10.2 Å². The molecule has 1 saturated heterocycles. The Balaban J connectivity index is 0.000000185. The van der Waals surface area contributed by atoms with Crippen LogP contribution in [0.15, 0.2) is 48.5 Å². The van der Waals surface area contributed by atoms with Crippen LogP contribution in [0.5, 0.6) is 0 Å². The van der Waals surface area contributed by atoms with E-state index in [0.717, 1.165) is 16.8 Å². The topological polar surface area (TPSA) is 72.8 Å². The number of nitrogens with one attached hydrogen (secondary N) is 1. The van der Waals surface area contributed by atoms with Gasteiger partial charge in [0, 0.05) is 22.3 Å². The Hall–Kier alpha value is -1.64. The molecule has 5 nitrogen and oxygen atoms in total. The number of benzene rings is 2. The van der Waals surface area contributed by atoms with Crippen molar-refractivity contribution >= 4 is 34.3 Å². The zero-order chi connectivity index (χ0) is 16.7. The van der Waals surface area contributed by atoms with E-state index in [-0.39, 0.29) is 19.2 Å². The number of aliphatic hydroxyl groups is 2. The van der Waals surface area contributed by atoms with Crippen LogP contribution >= 0.6 is 22.6 Å². The number of nitrogens with zero attached hydrogens (tertiary/aromatic N) is 1. The van der Waals surface area contributed by atoms with Crippen molar-refractivity contribution < 1.29 is 15.0 Å². The number of rotatable bonds is 3. The lowest BCUT2D eigenvalue weighted by molar-refractivity contribution is 0.252. The van der Waals surface area contributed by atoms with Crippen LogP contribution in [0.1, 0.15) is 11.1 Å². The fourth-order valence-electron chi connectivity index (χ4n) is 2.18. The predicted molar refractivity (Wildman–Crippen MR) is 98.2 cm³/mol. The summed E-state index contributed by atoms with van der Waals surface area (Å²) < 4.78 is 1.17. The van der Waals surface area contributed by atoms with E-state index in [1.165, 1.54) is 3.57 Å². The Kier molecular flexibility index (Phi) is 6.82. The SMILES string of the molecule is O=C1NCCN1c1cccc(CO)c1.OCc1cccc(I)c1. The molecule has 3 N–H and O–H groups in total. The second-order valence-electron chi connectivity index (χ2n) is 5.00. The van der Waals surface area contributed by atoms with Crippen LogP contribution < -0.4 is 10.2 Å². The summed E-state index contributed by atoms with van der Waals surface area (Å²) in [5.41, 5.74) is 2.63. The number of aliphatic hydroxyl groups excluding tert-OH is 2. The van der Waals surface area contributed by atoms with E-state index in [1.807, 2.05) is 48.5 Å². The maximum Gasteiger partial charge on any atom is 0.321 e. The molecule has 0 spiro atoms. The maximum atomic E-state index is 11.3. The second kappa shape index (κ2) is 8.85. The first-order valence-electron chi connectivity index (χ1n) is 7.24. The third kappa shape index (κ3) is 5.19. The van der Waals surface area contributed by atoms with Crippen molar-refractivity contribution in [3.63, 3.8) is 0 Å². The van der Waals surface area contributed by atoms with E-state index >= 15 is 0 Å². The van der Waals surface area contributed by atoms with Crippen molar-refractivity contribution in [3.05, 3.63) is 63.2 Å². The Morgan fingerprint density at radius 2 is 1.70 bits per heavy atom. The highest BCUT2D eigenvalue weighted by atomic mass is 127. The fourth-order valence-corrected chi connectivity index (χ4v) is 2.78. The summed E-state index contributed by atoms with van der Waals surface area (Å²) in [5, 5.41) is 20.3. The smallest absolute Gasteiger partial charge is 0.321 e. The molecule has 0 bridgehead atoms. The van der Waals surface area contributed by atoms with Gasteiger partial charge >= 0.3 is 6.03 Å². The zero-order valence-electron chi connectivity index (χ0n) is 12.6. The van der Waals surface area contributed by atoms with Gasteiger partial charge in [0.05, 0.1) is 13.2 Å². The molecule has 23 heavy (non-hydrogen) atoms. The number of anilines is 1. The van der Waals surface area contributed by atoms with Crippen LogP contribution in [0.4, 0.5) is 10.5 Å². The van der Waals surface area contributed by atoms with Crippen molar-refractivity contribution in [1.82, 2.24) is 5.32 Å². The van der Waals surface area contributed by atoms with E-state index in [9.17, 15) is 4.79 Å². The largest absolute Gasteiger partial charge is 0.392 e. The lowest BCUT2D eigenvalue weighted by Crippen LogP contribution is -2.27. The molecule has 0 saturated carbocycles. The second-order valence-corrected chi connectivity index (χ2v) is 6.25. The molecule has 0 aliphatic carbocycles. The van der Waals surface area contributed by atoms with Crippen LogP contribution in [0.25, 0.3) is 0 Å². The van der Waals surface area contributed by atoms with Gasteiger partial charge in [-0.25, -0.2) is 4.79 Å². The van der Waals surface area contributed by atoms with Crippen molar-refractivity contribution in [2.75, 3.05) is 18.0 Å². The van der Waals surface area contributed by atoms with Crippen LogP contribution in [0, 0.1) is 3.57 Å². The normalized spacial score (nSPS) is 13.3. The van der Waals surface area contributed by atoms with Crippen molar-refractivity contribution in [1.29, 1.82) is 0 Å². The Morgan fingerprint density at radius 1 is 1.04 bits per heavy atom. The summed E-state index contributed by atoms with van der Waals surface area (Å²) in [4.78, 5) is 13.0. The van der Waals surface area contributed by atoms with Crippen LogP contribution in [-0.4, -0.2) is 29.3 Å². The molecule has 0 radical (unpaired) electrons. The number of amides is 2. The van der Waals surface area contributed by atoms with Gasteiger partial charge in [-0.2, -0.15) is 0 Å². The number of carbonyl (C=O) groups excluding carboxylic acids is 1. The lowest BCUT2D eigenvalue weighted by atomic mass is 10.2. The van der Waals surface area contributed by atoms with Gasteiger partial charge in [-0.1, -0.05) is 24.3 Å². The zero-order valence-corrected chi connectivity index (χ0v) is 14.7. The van der Waals surface area contributed by atoms with E-state index in [0.29, 0.717) is 13.1 Å². The molecule has 2 amide bonds. The first kappa shape index (κ1) is 17.7. The highest BCUT2D eigenvalue weighted by Crippen LogP contribution is 2.17. The van der Waals surface area contributed by atoms with Gasteiger partial charge in [0.25, 0.3) is 0 Å². The first-order chi connectivity index (χ1) is 11.1. The number of carbonyl (C=O) groups is 1. The maximum absolute atomic E-state index is 11.3. The monoisotopic (exact) mass is 426 g/mol. The standard InChI is InChI=1S/C10H12N2O2.C7H7IO/c13-7-8-2-1-3-9(6-8)12-5-4-11-10(12)14;8-7-3-1-2-6(4-7)5-9/h1-3,6,13H,4-5,7H2,(H,11,14);1-4,9H,5H2. The Labute approximate surface area is 149 Å². The summed E-state index contributed by atoms with van der Waals surface area (Å²) in [6, 6.07) is 15.1. The minimum Gasteiger partial charge on any atom is -0.392 e. The van der Waals surface area contributed by atoms with Gasteiger partial charge in [0.2, 0.25) is 0 Å². The molecule has 6 heteroatoms. The van der Waals surface area contributed by atoms with E-state index in [2.05, 4.69) is 27.9 Å². The van der Waals surface area contributed by atoms with Crippen LogP contribution in [0.3, 0.4) is 0 Å². The lowest BCUT2D eigenvalue weighted by Gasteiger charge is -2.14. The molecule has 0 aromatic heterocycles. The third-order valence-electron chi connectivity index (χ3n) is 3.33. The predicted octanol–water partition coefficient (Wildman–Crippen LogP) is 2.49. The summed E-state index contributed by atoms with van der Waals surface area (Å²) in [6.07, 6.45) is 0. The summed E-state index contributed by atoms with van der Waals surface area (Å²) in [6.45, 7) is 1.51. The van der Waals surface area contributed by atoms with Gasteiger partial charge < -0.3 is 15.5 Å². The van der Waals surface area contributed by atoms with Crippen molar-refractivity contribution in [3.8, 4) is 0 Å². The highest BCUT2D eigenvalue weighted by Gasteiger charge is 2.20. The molecular formula is C17H19IN2O3. The number of hydrogen-bond acceptors (Lipinski definition) is 3. The Bertz CT molecular complexity index is 664. The highest BCUT2D eigenvalue weighted by molar-refractivity contribution is 14.1. The number of urea groups is 1. The molecule has 3 rings (SSSR count). The average molecular weight is 426 g/mol. The minimum atomic E-state index is -0.0694. The molecule has 1 fully saturated rings. The van der Waals surface area contributed by atoms with Gasteiger partial charge in [0.1, 0.15) is 0 Å². The van der Waals surface area contributed by atoms with Gasteiger partial charge in [-0.3, -0.25) is 4.90 Å². The van der Waals surface area contributed by atoms with Crippen LogP contribution in [-0.2, 0) is 13.2 Å². The number of hydrogen-bond donors (Lipinski definition) is 3. The molecule has 1 aliphatic rings. The summed E-state index contributed by atoms with van der Waals surface area (Å²) in [5.74, 6) is 0. The van der Waals surface area contributed by atoms with Crippen molar-refractivity contribution in [2.45, 2.75) is 13.2 Å². The van der Waals surface area contributed by atoms with Gasteiger partial charge in [-0.15, -0.1) is 0 Å². The molecule has 0 unspecified atom stereocenters. The molecule has 2 aromatic carbocycles. The summed E-state index contributed by atoms with van der Waals surface area (Å²) in [7, 11) is 0. The summed E-state index contributed by atoms with van der Waals surface area (Å²) >= 11 is 2.22. The minimum absolute atomic E-state index is 0.00327. The Morgan fingerprint density at radius 3 is 2.22 bits per heavy atom. The van der Waals surface area contributed by atoms with Crippen molar-refractivity contribution in [2.24, 2.45) is 0 Å². The van der Waals surface area contributed by atoms with E-state index < -0.39 is 0 Å². The molecular weight excluding hydrogens is 407 g/mol. The van der Waals surface area contributed by atoms with Crippen LogP contribution in [0.2, 0.25) is 0 Å². The average Bonchev–Trinajstić information content (AvgIpc) is 3.01. The first-order valence-corrected chi connectivity index (χ1v) is 8.32.